The molecular formula is C11H19BrIN3S2. The summed E-state index contributed by atoms with van der Waals surface area (Å²) in [7, 11) is 0. The largest absolute Gasteiger partial charge is 0.357 e. The Hall–Kier alpha value is 0.530. The lowest BCUT2D eigenvalue weighted by Crippen LogP contribution is -2.38. The summed E-state index contributed by atoms with van der Waals surface area (Å²) in [5.41, 5.74) is 0. The zero-order valence-electron chi connectivity index (χ0n) is 10.5. The summed E-state index contributed by atoms with van der Waals surface area (Å²) in [5, 5.41) is 6.55. The van der Waals surface area contributed by atoms with E-state index >= 15 is 0 Å². The minimum atomic E-state index is 0. The van der Waals surface area contributed by atoms with Gasteiger partial charge in [-0.3, -0.25) is 0 Å². The molecule has 1 rings (SSSR count). The van der Waals surface area contributed by atoms with E-state index in [0.29, 0.717) is 0 Å². The third-order valence-corrected chi connectivity index (χ3v) is 4.19. The van der Waals surface area contributed by atoms with Crippen LogP contribution in [0.15, 0.2) is 20.9 Å². The predicted molar refractivity (Wildman–Crippen MR) is 98.6 cm³/mol. The van der Waals surface area contributed by atoms with Gasteiger partial charge in [0.2, 0.25) is 0 Å². The van der Waals surface area contributed by atoms with Crippen LogP contribution >= 0.6 is 63.0 Å². The second-order valence-electron chi connectivity index (χ2n) is 3.32. The van der Waals surface area contributed by atoms with E-state index in [0.717, 1.165) is 35.1 Å². The third-order valence-electron chi connectivity index (χ3n) is 1.96. The van der Waals surface area contributed by atoms with Crippen molar-refractivity contribution in [2.24, 2.45) is 4.99 Å². The molecule has 0 saturated carbocycles. The van der Waals surface area contributed by atoms with Gasteiger partial charge >= 0.3 is 0 Å². The van der Waals surface area contributed by atoms with Gasteiger partial charge in [-0.25, -0.2) is 4.99 Å². The monoisotopic (exact) mass is 463 g/mol. The molecule has 0 aliphatic carbocycles. The Balaban J connectivity index is 0.00000289. The van der Waals surface area contributed by atoms with Crippen molar-refractivity contribution in [3.05, 3.63) is 20.8 Å². The average molecular weight is 464 g/mol. The Kier molecular flexibility index (Phi) is 11.7. The zero-order chi connectivity index (χ0) is 12.5. The topological polar surface area (TPSA) is 36.4 Å². The first-order valence-electron chi connectivity index (χ1n) is 5.51. The molecule has 1 aromatic rings. The fourth-order valence-corrected chi connectivity index (χ4v) is 2.92. The Morgan fingerprint density at radius 3 is 2.78 bits per heavy atom. The van der Waals surface area contributed by atoms with Crippen LogP contribution in [0, 0.1) is 0 Å². The summed E-state index contributed by atoms with van der Waals surface area (Å²) >= 11 is 7.01. The smallest absolute Gasteiger partial charge is 0.191 e. The van der Waals surface area contributed by atoms with Crippen molar-refractivity contribution in [1.29, 1.82) is 0 Å². The van der Waals surface area contributed by atoms with Gasteiger partial charge in [0.15, 0.2) is 5.96 Å². The number of thiophene rings is 1. The summed E-state index contributed by atoms with van der Waals surface area (Å²) in [6, 6.07) is 4.16. The number of halogens is 2. The van der Waals surface area contributed by atoms with Crippen LogP contribution in [0.3, 0.4) is 0 Å². The van der Waals surface area contributed by atoms with Crippen LogP contribution in [0.4, 0.5) is 0 Å². The van der Waals surface area contributed by atoms with Crippen LogP contribution in [0.2, 0.25) is 0 Å². The number of nitrogens with one attached hydrogen (secondary N) is 2. The summed E-state index contributed by atoms with van der Waals surface area (Å²) in [4.78, 5) is 5.81. The number of hydrogen-bond donors (Lipinski definition) is 2. The highest BCUT2D eigenvalue weighted by atomic mass is 127. The molecule has 0 aromatic carbocycles. The fourth-order valence-electron chi connectivity index (χ4n) is 1.21. The zero-order valence-corrected chi connectivity index (χ0v) is 16.1. The molecule has 0 bridgehead atoms. The molecule has 18 heavy (non-hydrogen) atoms. The Morgan fingerprint density at radius 2 is 2.22 bits per heavy atom. The quantitative estimate of drug-likeness (QED) is 0.293. The first-order valence-corrected chi connectivity index (χ1v) is 8.52. The lowest BCUT2D eigenvalue weighted by molar-refractivity contribution is 0.845. The second-order valence-corrected chi connectivity index (χ2v) is 6.85. The van der Waals surface area contributed by atoms with Crippen LogP contribution in [0.5, 0.6) is 0 Å². The van der Waals surface area contributed by atoms with Crippen molar-refractivity contribution in [3.8, 4) is 0 Å². The SMILES string of the molecule is CCNC(=NCc1ccc(Br)s1)NCCSC.I. The van der Waals surface area contributed by atoms with Crippen LogP contribution in [0.25, 0.3) is 0 Å². The second kappa shape index (κ2) is 11.4. The molecule has 0 amide bonds. The summed E-state index contributed by atoms with van der Waals surface area (Å²) < 4.78 is 1.16. The van der Waals surface area contributed by atoms with E-state index in [-0.39, 0.29) is 24.0 Å². The number of hydrogen-bond acceptors (Lipinski definition) is 3. The van der Waals surface area contributed by atoms with Gasteiger partial charge in [0, 0.05) is 23.7 Å². The van der Waals surface area contributed by atoms with Crippen molar-refractivity contribution >= 4 is 69.0 Å². The van der Waals surface area contributed by atoms with E-state index in [1.54, 1.807) is 11.3 Å². The van der Waals surface area contributed by atoms with Crippen LogP contribution in [0.1, 0.15) is 11.8 Å². The summed E-state index contributed by atoms with van der Waals surface area (Å²) in [5.74, 6) is 1.99. The summed E-state index contributed by atoms with van der Waals surface area (Å²) in [6.45, 7) is 4.64. The Bertz CT molecular complexity index is 358. The summed E-state index contributed by atoms with van der Waals surface area (Å²) in [6.07, 6.45) is 2.11. The highest BCUT2D eigenvalue weighted by Crippen LogP contribution is 2.22. The molecule has 0 atom stereocenters. The molecule has 1 aromatic heterocycles. The molecule has 0 fully saturated rings. The number of aliphatic imine (C=N–C) groups is 1. The van der Waals surface area contributed by atoms with E-state index in [9.17, 15) is 0 Å². The number of thioether (sulfide) groups is 1. The lowest BCUT2D eigenvalue weighted by atomic mass is 10.5. The van der Waals surface area contributed by atoms with Crippen LogP contribution in [-0.4, -0.2) is 31.1 Å². The van der Waals surface area contributed by atoms with E-state index in [1.807, 2.05) is 11.8 Å². The van der Waals surface area contributed by atoms with E-state index < -0.39 is 0 Å². The molecule has 0 spiro atoms. The van der Waals surface area contributed by atoms with Crippen molar-refractivity contribution in [3.63, 3.8) is 0 Å². The van der Waals surface area contributed by atoms with E-state index in [4.69, 9.17) is 0 Å². The van der Waals surface area contributed by atoms with Gasteiger partial charge in [0.25, 0.3) is 0 Å². The van der Waals surface area contributed by atoms with Crippen molar-refractivity contribution in [1.82, 2.24) is 10.6 Å². The van der Waals surface area contributed by atoms with Gasteiger partial charge in [0.05, 0.1) is 10.3 Å². The number of rotatable bonds is 6. The van der Waals surface area contributed by atoms with Crippen LogP contribution in [-0.2, 0) is 6.54 Å². The lowest BCUT2D eigenvalue weighted by Gasteiger charge is -2.10. The van der Waals surface area contributed by atoms with E-state index in [1.165, 1.54) is 4.88 Å². The Labute approximate surface area is 143 Å². The van der Waals surface area contributed by atoms with Gasteiger partial charge in [-0.15, -0.1) is 35.3 Å². The molecular weight excluding hydrogens is 445 g/mol. The fraction of sp³-hybridized carbons (Fsp3) is 0.545. The van der Waals surface area contributed by atoms with Crippen LogP contribution < -0.4 is 10.6 Å². The molecule has 104 valence electrons. The molecule has 1 heterocycles. The first-order chi connectivity index (χ1) is 8.26. The third kappa shape index (κ3) is 7.85. The van der Waals surface area contributed by atoms with Gasteiger partial charge in [-0.1, -0.05) is 0 Å². The maximum absolute atomic E-state index is 4.54. The molecule has 7 heteroatoms. The number of nitrogens with zero attached hydrogens (tertiary/aromatic N) is 1. The van der Waals surface area contributed by atoms with Gasteiger partial charge in [-0.2, -0.15) is 11.8 Å². The molecule has 2 N–H and O–H groups in total. The maximum Gasteiger partial charge on any atom is 0.191 e. The highest BCUT2D eigenvalue weighted by Gasteiger charge is 1.99. The molecule has 0 radical (unpaired) electrons. The standard InChI is InChI=1S/C11H18BrN3S2.HI/c1-3-13-11(14-6-7-16-2)15-8-9-4-5-10(12)17-9;/h4-5H,3,6-8H2,1-2H3,(H2,13,14,15);1H. The van der Waals surface area contributed by atoms with Gasteiger partial charge in [-0.05, 0) is 41.2 Å². The van der Waals surface area contributed by atoms with Gasteiger partial charge in [0.1, 0.15) is 0 Å². The molecule has 0 saturated heterocycles. The normalized spacial score (nSPS) is 10.9. The van der Waals surface area contributed by atoms with E-state index in [2.05, 4.69) is 56.9 Å². The molecule has 0 unspecified atom stereocenters. The minimum absolute atomic E-state index is 0. The molecule has 3 nitrogen and oxygen atoms in total. The Morgan fingerprint density at radius 1 is 1.44 bits per heavy atom. The van der Waals surface area contributed by atoms with Crippen molar-refractivity contribution < 1.29 is 0 Å². The van der Waals surface area contributed by atoms with Crippen molar-refractivity contribution in [2.45, 2.75) is 13.5 Å². The number of guanidine groups is 1. The minimum Gasteiger partial charge on any atom is -0.357 e. The first kappa shape index (κ1) is 18.5. The molecule has 0 aliphatic rings. The molecule has 0 aliphatic heterocycles. The van der Waals surface area contributed by atoms with Crippen molar-refractivity contribution in [2.75, 3.05) is 25.1 Å². The van der Waals surface area contributed by atoms with Gasteiger partial charge < -0.3 is 10.6 Å². The maximum atomic E-state index is 4.54. The average Bonchev–Trinajstić information content (AvgIpc) is 2.72. The predicted octanol–water partition coefficient (Wildman–Crippen LogP) is 3.55. The highest BCUT2D eigenvalue weighted by molar-refractivity contribution is 14.0.